The predicted molar refractivity (Wildman–Crippen MR) is 108 cm³/mol. The molecule has 1 saturated carbocycles. The number of H-pyrrole nitrogens is 1. The number of rotatable bonds is 5. The number of hydrogen-bond acceptors (Lipinski definition) is 5. The van der Waals surface area contributed by atoms with Gasteiger partial charge in [-0.05, 0) is 43.2 Å². The minimum atomic E-state index is -0.752. The van der Waals surface area contributed by atoms with Crippen LogP contribution in [0.1, 0.15) is 36.0 Å². The molecule has 1 aromatic carbocycles. The SMILES string of the molecule is NC(=O)c1cc(F)c(NC2CCCC[C@@H]2N)nc1Nc1ccc2[nH]ccc2c1. The second-order valence-corrected chi connectivity index (χ2v) is 7.18. The molecule has 0 saturated heterocycles. The molecule has 1 aliphatic rings. The first-order valence-electron chi connectivity index (χ1n) is 9.38. The van der Waals surface area contributed by atoms with Gasteiger partial charge in [0.15, 0.2) is 11.6 Å². The van der Waals surface area contributed by atoms with Gasteiger partial charge in [0.25, 0.3) is 5.91 Å². The number of carbonyl (C=O) groups is 1. The molecule has 0 radical (unpaired) electrons. The van der Waals surface area contributed by atoms with Crippen LogP contribution in [-0.4, -0.2) is 28.0 Å². The highest BCUT2D eigenvalue weighted by Crippen LogP contribution is 2.27. The fraction of sp³-hybridized carbons (Fsp3) is 0.300. The maximum Gasteiger partial charge on any atom is 0.252 e. The minimum absolute atomic E-state index is 0.00911. The lowest BCUT2D eigenvalue weighted by Crippen LogP contribution is -2.43. The van der Waals surface area contributed by atoms with E-state index in [1.807, 2.05) is 30.5 Å². The number of benzene rings is 1. The van der Waals surface area contributed by atoms with Crippen molar-refractivity contribution in [1.82, 2.24) is 9.97 Å². The van der Waals surface area contributed by atoms with E-state index >= 15 is 0 Å². The molecule has 28 heavy (non-hydrogen) atoms. The Kier molecular flexibility index (Phi) is 4.87. The van der Waals surface area contributed by atoms with Gasteiger partial charge in [0.1, 0.15) is 5.82 Å². The van der Waals surface area contributed by atoms with E-state index in [9.17, 15) is 9.18 Å². The summed E-state index contributed by atoms with van der Waals surface area (Å²) in [4.78, 5) is 19.3. The summed E-state index contributed by atoms with van der Waals surface area (Å²) >= 11 is 0. The van der Waals surface area contributed by atoms with Crippen molar-refractivity contribution in [1.29, 1.82) is 0 Å². The number of fused-ring (bicyclic) bond motifs is 1. The molecule has 7 nitrogen and oxygen atoms in total. The van der Waals surface area contributed by atoms with Crippen LogP contribution in [0.25, 0.3) is 10.9 Å². The average Bonchev–Trinajstić information content (AvgIpc) is 3.13. The Morgan fingerprint density at radius 3 is 2.79 bits per heavy atom. The van der Waals surface area contributed by atoms with E-state index in [1.54, 1.807) is 0 Å². The summed E-state index contributed by atoms with van der Waals surface area (Å²) in [5.74, 6) is -1.11. The molecule has 4 rings (SSSR count). The van der Waals surface area contributed by atoms with Crippen LogP contribution in [-0.2, 0) is 0 Å². The van der Waals surface area contributed by atoms with E-state index < -0.39 is 11.7 Å². The standard InChI is InChI=1S/C20H23FN6O/c21-14-10-13(18(23)28)19(25-12-5-6-16-11(9-12)7-8-24-16)27-20(14)26-17-4-2-1-3-15(17)22/h5-10,15,17,24H,1-4,22H2,(H2,23,28)(H2,25,26,27)/t15-,17?/m0/s1. The van der Waals surface area contributed by atoms with Gasteiger partial charge < -0.3 is 27.1 Å². The summed E-state index contributed by atoms with van der Waals surface area (Å²) in [6.45, 7) is 0. The van der Waals surface area contributed by atoms with Crippen LogP contribution in [0.2, 0.25) is 0 Å². The van der Waals surface area contributed by atoms with E-state index in [1.165, 1.54) is 0 Å². The monoisotopic (exact) mass is 382 g/mol. The zero-order valence-corrected chi connectivity index (χ0v) is 15.3. The molecule has 1 aliphatic carbocycles. The maximum atomic E-state index is 14.6. The van der Waals surface area contributed by atoms with Gasteiger partial charge in [-0.15, -0.1) is 0 Å². The quantitative estimate of drug-likeness (QED) is 0.464. The van der Waals surface area contributed by atoms with Gasteiger partial charge >= 0.3 is 0 Å². The topological polar surface area (TPSA) is 122 Å². The molecule has 1 amide bonds. The van der Waals surface area contributed by atoms with Gasteiger partial charge in [0.05, 0.1) is 5.56 Å². The van der Waals surface area contributed by atoms with Crippen LogP contribution < -0.4 is 22.1 Å². The number of nitrogens with one attached hydrogen (secondary N) is 3. The molecule has 7 N–H and O–H groups in total. The third-order valence-corrected chi connectivity index (χ3v) is 5.20. The van der Waals surface area contributed by atoms with Crippen LogP contribution in [0, 0.1) is 5.82 Å². The van der Waals surface area contributed by atoms with Crippen LogP contribution in [0.5, 0.6) is 0 Å². The minimum Gasteiger partial charge on any atom is -0.365 e. The zero-order chi connectivity index (χ0) is 19.7. The lowest BCUT2D eigenvalue weighted by molar-refractivity contribution is 0.100. The van der Waals surface area contributed by atoms with Crippen LogP contribution >= 0.6 is 0 Å². The number of nitrogens with two attached hydrogens (primary N) is 2. The number of primary amides is 1. The number of carbonyl (C=O) groups excluding carboxylic acids is 1. The summed E-state index contributed by atoms with van der Waals surface area (Å²) in [6, 6.07) is 8.60. The average molecular weight is 382 g/mol. The van der Waals surface area contributed by atoms with Gasteiger partial charge in [0, 0.05) is 34.9 Å². The second-order valence-electron chi connectivity index (χ2n) is 7.18. The van der Waals surface area contributed by atoms with E-state index in [2.05, 4.69) is 20.6 Å². The maximum absolute atomic E-state index is 14.6. The molecule has 1 fully saturated rings. The van der Waals surface area contributed by atoms with Gasteiger partial charge in [0.2, 0.25) is 0 Å². The summed E-state index contributed by atoms with van der Waals surface area (Å²) in [5.41, 5.74) is 13.3. The highest BCUT2D eigenvalue weighted by atomic mass is 19.1. The van der Waals surface area contributed by atoms with E-state index in [4.69, 9.17) is 11.5 Å². The molecule has 146 valence electrons. The molecule has 1 unspecified atom stereocenters. The largest absolute Gasteiger partial charge is 0.365 e. The smallest absolute Gasteiger partial charge is 0.252 e. The number of anilines is 3. The van der Waals surface area contributed by atoms with Gasteiger partial charge in [-0.3, -0.25) is 4.79 Å². The molecule has 2 heterocycles. The van der Waals surface area contributed by atoms with E-state index in [0.717, 1.165) is 42.7 Å². The lowest BCUT2D eigenvalue weighted by atomic mass is 9.91. The van der Waals surface area contributed by atoms with Crippen molar-refractivity contribution in [3.8, 4) is 0 Å². The highest BCUT2D eigenvalue weighted by molar-refractivity contribution is 5.99. The molecule has 8 heteroatoms. The molecule has 2 aromatic heterocycles. The van der Waals surface area contributed by atoms with Crippen molar-refractivity contribution >= 4 is 34.1 Å². The third kappa shape index (κ3) is 3.63. The highest BCUT2D eigenvalue weighted by Gasteiger charge is 2.24. The first kappa shape index (κ1) is 18.2. The van der Waals surface area contributed by atoms with Crippen LogP contribution in [0.15, 0.2) is 36.5 Å². The molecule has 0 bridgehead atoms. The fourth-order valence-electron chi connectivity index (χ4n) is 3.66. The summed E-state index contributed by atoms with van der Waals surface area (Å²) in [5, 5.41) is 7.20. The van der Waals surface area contributed by atoms with Crippen molar-refractivity contribution < 1.29 is 9.18 Å². The number of nitrogens with zero attached hydrogens (tertiary/aromatic N) is 1. The number of hydrogen-bond donors (Lipinski definition) is 5. The molecular formula is C20H23FN6O. The van der Waals surface area contributed by atoms with Gasteiger partial charge in [-0.2, -0.15) is 0 Å². The van der Waals surface area contributed by atoms with Gasteiger partial charge in [-0.1, -0.05) is 12.8 Å². The van der Waals surface area contributed by atoms with E-state index in [0.29, 0.717) is 5.69 Å². The summed E-state index contributed by atoms with van der Waals surface area (Å²) in [6.07, 6.45) is 5.69. The lowest BCUT2D eigenvalue weighted by Gasteiger charge is -2.30. The Morgan fingerprint density at radius 2 is 2.00 bits per heavy atom. The summed E-state index contributed by atoms with van der Waals surface area (Å²) < 4.78 is 14.6. The molecular weight excluding hydrogens is 359 g/mol. The van der Waals surface area contributed by atoms with Crippen molar-refractivity contribution in [2.45, 2.75) is 37.8 Å². The van der Waals surface area contributed by atoms with Gasteiger partial charge in [-0.25, -0.2) is 9.37 Å². The van der Waals surface area contributed by atoms with Crippen molar-refractivity contribution in [2.24, 2.45) is 11.5 Å². The Hall–Kier alpha value is -3.13. The molecule has 3 aromatic rings. The number of aromatic nitrogens is 2. The molecule has 0 aliphatic heterocycles. The first-order valence-corrected chi connectivity index (χ1v) is 9.38. The molecule has 2 atom stereocenters. The number of aromatic amines is 1. The molecule has 0 spiro atoms. The normalized spacial score (nSPS) is 19.5. The fourth-order valence-corrected chi connectivity index (χ4v) is 3.66. The number of halogens is 1. The Balaban J connectivity index is 1.66. The predicted octanol–water partition coefficient (Wildman–Crippen LogP) is 3.23. The number of pyridine rings is 1. The van der Waals surface area contributed by atoms with Crippen molar-refractivity contribution in [3.05, 3.63) is 47.9 Å². The van der Waals surface area contributed by atoms with Crippen LogP contribution in [0.3, 0.4) is 0 Å². The summed E-state index contributed by atoms with van der Waals surface area (Å²) in [7, 11) is 0. The second kappa shape index (κ2) is 7.47. The van der Waals surface area contributed by atoms with E-state index in [-0.39, 0.29) is 29.3 Å². The van der Waals surface area contributed by atoms with Crippen molar-refractivity contribution in [2.75, 3.05) is 10.6 Å². The number of amides is 1. The zero-order valence-electron chi connectivity index (χ0n) is 15.3. The Bertz CT molecular complexity index is 1020. The Labute approximate surface area is 161 Å². The first-order chi connectivity index (χ1) is 13.5. The third-order valence-electron chi connectivity index (χ3n) is 5.20. The van der Waals surface area contributed by atoms with Crippen molar-refractivity contribution in [3.63, 3.8) is 0 Å². The Morgan fingerprint density at radius 1 is 1.18 bits per heavy atom. The van der Waals surface area contributed by atoms with Crippen LogP contribution in [0.4, 0.5) is 21.7 Å².